The van der Waals surface area contributed by atoms with Gasteiger partial charge in [0.15, 0.2) is 0 Å². The molecule has 0 saturated carbocycles. The van der Waals surface area contributed by atoms with Crippen molar-refractivity contribution in [2.24, 2.45) is 34.8 Å². The van der Waals surface area contributed by atoms with Gasteiger partial charge >= 0.3 is 17.9 Å². The van der Waals surface area contributed by atoms with Crippen LogP contribution in [-0.4, -0.2) is 198 Å². The molecule has 91 heavy (non-hydrogen) atoms. The van der Waals surface area contributed by atoms with Crippen LogP contribution in [0.1, 0.15) is 130 Å². The molecule has 1 aromatic rings. The van der Waals surface area contributed by atoms with E-state index in [0.717, 1.165) is 6.92 Å². The largest absolute Gasteiger partial charge is 0.481 e. The van der Waals surface area contributed by atoms with Gasteiger partial charge in [0.25, 0.3) is 0 Å². The number of H-pyrrole nitrogens is 1. The van der Waals surface area contributed by atoms with Crippen LogP contribution < -0.4 is 76.1 Å². The van der Waals surface area contributed by atoms with Crippen LogP contribution in [0.5, 0.6) is 0 Å². The number of primary amides is 4. The Balaban J connectivity index is 3.71. The number of rotatable bonds is 46. The molecule has 508 valence electrons. The Morgan fingerprint density at radius 1 is 0.473 bits per heavy atom. The van der Waals surface area contributed by atoms with Crippen molar-refractivity contribution in [3.8, 4) is 0 Å². The fourth-order valence-corrected chi connectivity index (χ4v) is 9.01. The van der Waals surface area contributed by atoms with Gasteiger partial charge in [-0.05, 0) is 68.8 Å². The van der Waals surface area contributed by atoms with Gasteiger partial charge in [0.05, 0.1) is 12.7 Å². The number of aliphatic carboxylic acids is 3. The molecule has 0 unspecified atom stereocenters. The van der Waals surface area contributed by atoms with Crippen LogP contribution in [0.4, 0.5) is 0 Å². The number of amides is 14. The zero-order valence-electron chi connectivity index (χ0n) is 51.3. The van der Waals surface area contributed by atoms with Gasteiger partial charge in [0, 0.05) is 57.3 Å². The number of carboxylic acid groups (broad SMARTS) is 3. The fourth-order valence-electron chi connectivity index (χ4n) is 8.54. The fraction of sp³-hybridized carbons (Fsp3) is 0.630. The third-order valence-electron chi connectivity index (χ3n) is 13.6. The van der Waals surface area contributed by atoms with Gasteiger partial charge in [-0.15, -0.1) is 0 Å². The van der Waals surface area contributed by atoms with Crippen LogP contribution in [0, 0.1) is 11.8 Å². The van der Waals surface area contributed by atoms with Crippen LogP contribution >= 0.6 is 11.8 Å². The maximum Gasteiger partial charge on any atom is 0.305 e. The van der Waals surface area contributed by atoms with Crippen molar-refractivity contribution >= 4 is 112 Å². The number of thioether (sulfide) groups is 1. The summed E-state index contributed by atoms with van der Waals surface area (Å²) in [6.07, 6.45) is -2.55. The van der Waals surface area contributed by atoms with E-state index in [9.17, 15) is 96.8 Å². The van der Waals surface area contributed by atoms with Crippen molar-refractivity contribution in [1.29, 1.82) is 0 Å². The Labute approximate surface area is 527 Å². The molecular formula is C54H86N16O20S. The van der Waals surface area contributed by atoms with E-state index in [0.29, 0.717) is 0 Å². The van der Waals surface area contributed by atoms with Crippen molar-refractivity contribution in [3.05, 3.63) is 18.2 Å². The zero-order chi connectivity index (χ0) is 69.2. The quantitative estimate of drug-likeness (QED) is 0.0289. The lowest BCUT2D eigenvalue weighted by atomic mass is 9.96. The minimum Gasteiger partial charge on any atom is -0.481 e. The Morgan fingerprint density at radius 3 is 1.22 bits per heavy atom. The molecule has 1 rings (SSSR count). The van der Waals surface area contributed by atoms with Gasteiger partial charge in [-0.1, -0.05) is 34.1 Å². The standard InChI is InChI=1S/C54H86N16O20S/c1-7-26(4)44(54(90)66-34(18-19-91-6)50(86)69-37(22-43(79)80)52(88)62-29(45(58)81)8-13-38(55)72)70-53(89)36(21-28-23-59-24-60-28)68-49(85)33(12-17-42(77)78)65-51(87)35(20-25(2)3)67-48(84)32(10-15-40(57)74)64-47(83)31(9-14-39(56)73)63-46(82)30(61-27(5)71)11-16-41(75)76/h23-26,29-37,44H,7-22H2,1-6H3,(H2,55,72)(H2,56,73)(H2,57,74)(H2,58,81)(H,59,60)(H,61,71)(H,62,88)(H,63,82)(H,64,83)(H,65,87)(H,66,90)(H,67,84)(H,68,85)(H,69,86)(H,70,89)(H,75,76)(H,77,78)(H,79,80)/t26-,29-,30-,31-,32-,33-,34-,35-,36-,37-,44-/m0/s1. The molecule has 0 radical (unpaired) electrons. The lowest BCUT2D eigenvalue weighted by molar-refractivity contribution is -0.141. The maximum atomic E-state index is 14.5. The molecule has 0 spiro atoms. The number of imidazole rings is 1. The van der Waals surface area contributed by atoms with E-state index >= 15 is 0 Å². The van der Waals surface area contributed by atoms with Gasteiger partial charge in [0.1, 0.15) is 60.4 Å². The van der Waals surface area contributed by atoms with E-state index in [1.807, 2.05) is 0 Å². The average Bonchev–Trinajstić information content (AvgIpc) is 4.25. The van der Waals surface area contributed by atoms with Crippen molar-refractivity contribution in [1.82, 2.24) is 63.1 Å². The smallest absolute Gasteiger partial charge is 0.305 e. The van der Waals surface area contributed by atoms with Crippen LogP contribution in [0.2, 0.25) is 0 Å². The van der Waals surface area contributed by atoms with Crippen molar-refractivity contribution in [2.75, 3.05) is 12.0 Å². The van der Waals surface area contributed by atoms with Gasteiger partial charge < -0.3 is 96.4 Å². The Bertz CT molecular complexity index is 2750. The van der Waals surface area contributed by atoms with E-state index in [4.69, 9.17) is 22.9 Å². The van der Waals surface area contributed by atoms with Crippen LogP contribution in [0.25, 0.3) is 0 Å². The Morgan fingerprint density at radius 2 is 0.835 bits per heavy atom. The third-order valence-corrected chi connectivity index (χ3v) is 14.2. The number of carbonyl (C=O) groups excluding carboxylic acids is 14. The predicted molar refractivity (Wildman–Crippen MR) is 320 cm³/mol. The summed E-state index contributed by atoms with van der Waals surface area (Å²) in [5.74, 6) is -19.7. The monoisotopic (exact) mass is 1310 g/mol. The highest BCUT2D eigenvalue weighted by Gasteiger charge is 2.38. The molecule has 0 aromatic carbocycles. The molecule has 14 amide bonds. The molecule has 22 N–H and O–H groups in total. The Kier molecular flexibility index (Phi) is 35.8. The predicted octanol–water partition coefficient (Wildman–Crippen LogP) is -5.85. The normalized spacial score (nSPS) is 14.6. The number of carboxylic acids is 3. The second-order valence-corrected chi connectivity index (χ2v) is 22.7. The van der Waals surface area contributed by atoms with Crippen molar-refractivity contribution in [3.63, 3.8) is 0 Å². The second-order valence-electron chi connectivity index (χ2n) is 21.7. The van der Waals surface area contributed by atoms with Gasteiger partial charge in [-0.25, -0.2) is 4.98 Å². The molecule has 0 fully saturated rings. The van der Waals surface area contributed by atoms with Gasteiger partial charge in [-0.3, -0.25) is 81.5 Å². The van der Waals surface area contributed by atoms with Gasteiger partial charge in [-0.2, -0.15) is 11.8 Å². The molecule has 11 atom stereocenters. The summed E-state index contributed by atoms with van der Waals surface area (Å²) in [7, 11) is 0. The van der Waals surface area contributed by atoms with E-state index in [2.05, 4.69) is 63.1 Å². The molecule has 0 saturated heterocycles. The highest BCUT2D eigenvalue weighted by molar-refractivity contribution is 7.98. The first-order valence-electron chi connectivity index (χ1n) is 28.8. The zero-order valence-corrected chi connectivity index (χ0v) is 52.2. The van der Waals surface area contributed by atoms with Crippen molar-refractivity contribution in [2.45, 2.75) is 191 Å². The van der Waals surface area contributed by atoms with Crippen LogP contribution in [0.3, 0.4) is 0 Å². The summed E-state index contributed by atoms with van der Waals surface area (Å²) in [4.78, 5) is 227. The van der Waals surface area contributed by atoms with Gasteiger partial charge in [0.2, 0.25) is 82.7 Å². The van der Waals surface area contributed by atoms with E-state index in [1.165, 1.54) is 24.3 Å². The summed E-state index contributed by atoms with van der Waals surface area (Å²) in [6.45, 7) is 7.53. The van der Waals surface area contributed by atoms with E-state index in [1.54, 1.807) is 34.0 Å². The summed E-state index contributed by atoms with van der Waals surface area (Å²) < 4.78 is 0. The average molecular weight is 1310 g/mol. The number of hydrogen-bond donors (Lipinski definition) is 18. The molecule has 36 nitrogen and oxygen atoms in total. The first-order valence-corrected chi connectivity index (χ1v) is 30.2. The number of nitrogens with two attached hydrogens (primary N) is 4. The number of hydrogen-bond acceptors (Lipinski definition) is 19. The highest BCUT2D eigenvalue weighted by Crippen LogP contribution is 2.15. The second kappa shape index (κ2) is 41.0. The van der Waals surface area contributed by atoms with E-state index in [-0.39, 0.29) is 43.6 Å². The van der Waals surface area contributed by atoms with Crippen molar-refractivity contribution < 1.29 is 96.8 Å². The third kappa shape index (κ3) is 32.0. The number of nitrogens with one attached hydrogen (secondary N) is 11. The summed E-state index contributed by atoms with van der Waals surface area (Å²) in [5, 5.41) is 52.4. The lowest BCUT2D eigenvalue weighted by Crippen LogP contribution is -2.61. The number of aromatic nitrogens is 2. The molecule has 0 aliphatic carbocycles. The molecule has 1 aromatic heterocycles. The molecule has 0 aliphatic heterocycles. The molecule has 0 aliphatic rings. The highest BCUT2D eigenvalue weighted by atomic mass is 32.2. The van der Waals surface area contributed by atoms with Crippen LogP contribution in [0.15, 0.2) is 12.5 Å². The van der Waals surface area contributed by atoms with Crippen LogP contribution in [-0.2, 0) is 87.9 Å². The summed E-state index contributed by atoms with van der Waals surface area (Å²) >= 11 is 1.24. The summed E-state index contributed by atoms with van der Waals surface area (Å²) in [6, 6.07) is -16.3. The minimum absolute atomic E-state index is 0.121. The molecule has 37 heteroatoms. The first kappa shape index (κ1) is 79.6. The first-order chi connectivity index (χ1) is 42.6. The SMILES string of the molecule is CC[C@H](C)[C@H](NC(=O)[C@H](Cc1cnc[nH]1)NC(=O)[C@H](CCC(=O)O)NC(=O)[C@H](CC(C)C)NC(=O)[C@H](CCC(N)=O)NC(=O)[C@H](CCC(N)=O)NC(=O)[C@H](CCC(=O)O)NC(C)=O)C(=O)N[C@@H](CCSC)C(=O)N[C@@H](CC(=O)O)C(=O)N[C@@H](CCC(N)=O)C(N)=O. The number of aromatic amines is 1. The molecular weight excluding hydrogens is 1220 g/mol. The number of carbonyl (C=O) groups is 17. The maximum absolute atomic E-state index is 14.5. The number of nitrogens with zero attached hydrogens (tertiary/aromatic N) is 1. The minimum atomic E-state index is -1.86. The topological polar surface area (TPSA) is 604 Å². The van der Waals surface area contributed by atoms with E-state index < -0.39 is 237 Å². The lowest BCUT2D eigenvalue weighted by Gasteiger charge is -2.30. The summed E-state index contributed by atoms with van der Waals surface area (Å²) in [5.41, 5.74) is 21.5. The molecule has 1 heterocycles. The Hall–Kier alpha value is -9.45. The molecule has 0 bridgehead atoms.